The summed E-state index contributed by atoms with van der Waals surface area (Å²) < 4.78 is 0. The Balaban J connectivity index is 3.31. The van der Waals surface area contributed by atoms with Gasteiger partial charge in [0, 0.05) is 0 Å². The minimum atomic E-state index is 1.09. The van der Waals surface area contributed by atoms with E-state index in [4.69, 9.17) is 12.8 Å². The SMILES string of the molecule is C#CC=C(C)c1cc(C)cc(C(C)=CC#C)c1. The summed E-state index contributed by atoms with van der Waals surface area (Å²) in [5.41, 5.74) is 5.66. The zero-order valence-electron chi connectivity index (χ0n) is 10.5. The van der Waals surface area contributed by atoms with Crippen LogP contribution in [0.3, 0.4) is 0 Å². The van der Waals surface area contributed by atoms with E-state index in [1.807, 2.05) is 13.8 Å². The number of allylic oxidation sites excluding steroid dienone is 4. The van der Waals surface area contributed by atoms with Gasteiger partial charge in [0.2, 0.25) is 0 Å². The molecule has 0 unspecified atom stereocenters. The molecule has 0 saturated heterocycles. The van der Waals surface area contributed by atoms with Crippen LogP contribution in [0, 0.1) is 31.6 Å². The summed E-state index contributed by atoms with van der Waals surface area (Å²) in [6, 6.07) is 6.35. The monoisotopic (exact) mass is 220 g/mol. The maximum Gasteiger partial charge on any atom is -0.00863 e. The maximum absolute atomic E-state index is 5.29. The fraction of sp³-hybridized carbons (Fsp3) is 0.176. The van der Waals surface area contributed by atoms with Gasteiger partial charge in [-0.2, -0.15) is 0 Å². The normalized spacial score (nSPS) is 11.8. The third kappa shape index (κ3) is 3.40. The molecule has 0 radical (unpaired) electrons. The van der Waals surface area contributed by atoms with Crippen LogP contribution in [0.25, 0.3) is 11.1 Å². The number of hydrogen-bond acceptors (Lipinski definition) is 0. The van der Waals surface area contributed by atoms with Crippen molar-refractivity contribution in [2.45, 2.75) is 20.8 Å². The van der Waals surface area contributed by atoms with Crippen molar-refractivity contribution in [1.29, 1.82) is 0 Å². The summed E-state index contributed by atoms with van der Waals surface area (Å²) in [7, 11) is 0. The molecule has 17 heavy (non-hydrogen) atoms. The molecule has 84 valence electrons. The second-order valence-electron chi connectivity index (χ2n) is 4.08. The Kier molecular flexibility index (Phi) is 4.38. The molecule has 0 atom stereocenters. The van der Waals surface area contributed by atoms with Crippen LogP contribution in [0.2, 0.25) is 0 Å². The molecule has 0 amide bonds. The summed E-state index contributed by atoms with van der Waals surface area (Å²) >= 11 is 0. The molecule has 0 saturated carbocycles. The molecular formula is C17H16. The molecule has 0 bridgehead atoms. The predicted molar refractivity (Wildman–Crippen MR) is 76.1 cm³/mol. The molecule has 1 aromatic carbocycles. The summed E-state index contributed by atoms with van der Waals surface area (Å²) in [4.78, 5) is 0. The topological polar surface area (TPSA) is 0 Å². The number of hydrogen-bond donors (Lipinski definition) is 0. The molecular weight excluding hydrogens is 204 g/mol. The van der Waals surface area contributed by atoms with E-state index in [9.17, 15) is 0 Å². The second-order valence-corrected chi connectivity index (χ2v) is 4.08. The van der Waals surface area contributed by atoms with Gasteiger partial charge in [0.1, 0.15) is 0 Å². The third-order valence-corrected chi connectivity index (χ3v) is 2.59. The van der Waals surface area contributed by atoms with Crippen molar-refractivity contribution >= 4 is 11.1 Å². The Bertz CT molecular complexity index is 506. The molecule has 0 fully saturated rings. The van der Waals surface area contributed by atoms with Crippen molar-refractivity contribution in [3.63, 3.8) is 0 Å². The van der Waals surface area contributed by atoms with Crippen LogP contribution < -0.4 is 0 Å². The van der Waals surface area contributed by atoms with E-state index < -0.39 is 0 Å². The van der Waals surface area contributed by atoms with Gasteiger partial charge < -0.3 is 0 Å². The highest BCUT2D eigenvalue weighted by molar-refractivity contribution is 5.73. The largest absolute Gasteiger partial charge is 0.115 e. The van der Waals surface area contributed by atoms with Gasteiger partial charge in [0.05, 0.1) is 0 Å². The first-order chi connectivity index (χ1) is 8.08. The third-order valence-electron chi connectivity index (χ3n) is 2.59. The Morgan fingerprint density at radius 3 is 1.71 bits per heavy atom. The summed E-state index contributed by atoms with van der Waals surface area (Å²) in [6.45, 7) is 6.09. The van der Waals surface area contributed by atoms with Crippen LogP contribution in [0.1, 0.15) is 30.5 Å². The summed E-state index contributed by atoms with van der Waals surface area (Å²) in [5.74, 6) is 5.10. The maximum atomic E-state index is 5.29. The zero-order valence-corrected chi connectivity index (χ0v) is 10.5. The first-order valence-electron chi connectivity index (χ1n) is 5.46. The van der Waals surface area contributed by atoms with E-state index in [-0.39, 0.29) is 0 Å². The highest BCUT2D eigenvalue weighted by Crippen LogP contribution is 2.22. The zero-order chi connectivity index (χ0) is 12.8. The minimum absolute atomic E-state index is 1.09. The summed E-state index contributed by atoms with van der Waals surface area (Å²) in [6.07, 6.45) is 14.1. The van der Waals surface area contributed by atoms with Crippen molar-refractivity contribution in [3.8, 4) is 24.7 Å². The Morgan fingerprint density at radius 1 is 0.941 bits per heavy atom. The number of terminal acetylenes is 2. The van der Waals surface area contributed by atoms with Crippen molar-refractivity contribution in [2.75, 3.05) is 0 Å². The average Bonchev–Trinajstić information content (AvgIpc) is 2.29. The molecule has 0 heterocycles. The fourth-order valence-corrected chi connectivity index (χ4v) is 1.66. The lowest BCUT2D eigenvalue weighted by molar-refractivity contribution is 1.40. The van der Waals surface area contributed by atoms with E-state index in [2.05, 4.69) is 37.0 Å². The lowest BCUT2D eigenvalue weighted by atomic mass is 9.97. The van der Waals surface area contributed by atoms with Crippen LogP contribution >= 0.6 is 0 Å². The molecule has 0 aliphatic heterocycles. The van der Waals surface area contributed by atoms with Gasteiger partial charge in [0.25, 0.3) is 0 Å². The van der Waals surface area contributed by atoms with Crippen LogP contribution in [0.15, 0.2) is 30.4 Å². The van der Waals surface area contributed by atoms with Crippen LogP contribution in [-0.2, 0) is 0 Å². The molecule has 0 aliphatic carbocycles. The molecule has 1 rings (SSSR count). The van der Waals surface area contributed by atoms with E-state index in [0.717, 1.165) is 22.3 Å². The van der Waals surface area contributed by atoms with Crippen LogP contribution in [0.5, 0.6) is 0 Å². The first kappa shape index (κ1) is 12.9. The van der Waals surface area contributed by atoms with Gasteiger partial charge in [-0.25, -0.2) is 0 Å². The molecule has 0 aliphatic rings. The number of rotatable bonds is 2. The molecule has 0 N–H and O–H groups in total. The van der Waals surface area contributed by atoms with Gasteiger partial charge in [-0.15, -0.1) is 12.8 Å². The number of benzene rings is 1. The standard InChI is InChI=1S/C17H16/c1-6-8-14(4)16-10-13(3)11-17(12-16)15(5)9-7-2/h1-2,8-12H,3-5H3. The fourth-order valence-electron chi connectivity index (χ4n) is 1.66. The van der Waals surface area contributed by atoms with Gasteiger partial charge >= 0.3 is 0 Å². The molecule has 1 aromatic rings. The molecule has 0 aromatic heterocycles. The van der Waals surface area contributed by atoms with Gasteiger partial charge in [-0.05, 0) is 66.8 Å². The quantitative estimate of drug-likeness (QED) is 0.659. The smallest absolute Gasteiger partial charge is 0.00863 e. The Morgan fingerprint density at radius 2 is 1.35 bits per heavy atom. The van der Waals surface area contributed by atoms with Crippen LogP contribution in [-0.4, -0.2) is 0 Å². The molecule has 0 spiro atoms. The van der Waals surface area contributed by atoms with Gasteiger partial charge in [-0.3, -0.25) is 0 Å². The van der Waals surface area contributed by atoms with E-state index in [1.54, 1.807) is 12.2 Å². The van der Waals surface area contributed by atoms with Crippen molar-refractivity contribution in [1.82, 2.24) is 0 Å². The van der Waals surface area contributed by atoms with Crippen LogP contribution in [0.4, 0.5) is 0 Å². The second kappa shape index (κ2) is 5.78. The average molecular weight is 220 g/mol. The van der Waals surface area contributed by atoms with E-state index in [0.29, 0.717) is 0 Å². The first-order valence-corrected chi connectivity index (χ1v) is 5.46. The minimum Gasteiger partial charge on any atom is -0.115 e. The lowest BCUT2D eigenvalue weighted by Gasteiger charge is -2.07. The lowest BCUT2D eigenvalue weighted by Crippen LogP contribution is -1.87. The van der Waals surface area contributed by atoms with Crippen molar-refractivity contribution < 1.29 is 0 Å². The Hall–Kier alpha value is -2.18. The predicted octanol–water partition coefficient (Wildman–Crippen LogP) is 4.07. The summed E-state index contributed by atoms with van der Waals surface area (Å²) in [5, 5.41) is 0. The van der Waals surface area contributed by atoms with Crippen molar-refractivity contribution in [3.05, 3.63) is 47.0 Å². The van der Waals surface area contributed by atoms with E-state index >= 15 is 0 Å². The highest BCUT2D eigenvalue weighted by atomic mass is 14.1. The molecule has 0 heteroatoms. The van der Waals surface area contributed by atoms with E-state index in [1.165, 1.54) is 5.56 Å². The number of aryl methyl sites for hydroxylation is 1. The van der Waals surface area contributed by atoms with Crippen molar-refractivity contribution in [2.24, 2.45) is 0 Å². The van der Waals surface area contributed by atoms with Gasteiger partial charge in [0.15, 0.2) is 0 Å². The van der Waals surface area contributed by atoms with Gasteiger partial charge in [-0.1, -0.05) is 24.0 Å². The highest BCUT2D eigenvalue weighted by Gasteiger charge is 2.01. The Labute approximate surface area is 104 Å². The molecule has 0 nitrogen and oxygen atoms in total.